The number of sulfonamides is 1. The maximum Gasteiger partial charge on any atom is 0.321 e. The zero-order valence-corrected chi connectivity index (χ0v) is 18.5. The molecule has 0 bridgehead atoms. The summed E-state index contributed by atoms with van der Waals surface area (Å²) in [6.45, 7) is 2.48. The lowest BCUT2D eigenvalue weighted by Gasteiger charge is -2.21. The molecule has 0 aliphatic carbocycles. The molecular formula is C22H27FN4O4S. The van der Waals surface area contributed by atoms with Crippen LogP contribution in [0.4, 0.5) is 9.18 Å². The van der Waals surface area contributed by atoms with E-state index in [0.717, 1.165) is 17.7 Å². The summed E-state index contributed by atoms with van der Waals surface area (Å²) in [6.07, 6.45) is 0.739. The molecule has 1 aliphatic rings. The molecule has 32 heavy (non-hydrogen) atoms. The Morgan fingerprint density at radius 2 is 1.66 bits per heavy atom. The first-order valence-corrected chi connectivity index (χ1v) is 11.9. The summed E-state index contributed by atoms with van der Waals surface area (Å²) in [6, 6.07) is 13.6. The lowest BCUT2D eigenvalue weighted by Crippen LogP contribution is -2.41. The molecule has 0 radical (unpaired) electrons. The van der Waals surface area contributed by atoms with Crippen molar-refractivity contribution in [1.29, 1.82) is 0 Å². The molecule has 0 spiro atoms. The zero-order chi connectivity index (χ0) is 23.0. The fourth-order valence-corrected chi connectivity index (χ4v) is 4.91. The minimum atomic E-state index is -3.69. The number of carbonyl (C=O) groups excluding carboxylic acids is 2. The average molecular weight is 463 g/mol. The molecule has 1 heterocycles. The van der Waals surface area contributed by atoms with E-state index in [-0.39, 0.29) is 17.9 Å². The van der Waals surface area contributed by atoms with Gasteiger partial charge in [-0.1, -0.05) is 30.3 Å². The first kappa shape index (κ1) is 23.8. The highest BCUT2D eigenvalue weighted by atomic mass is 32.2. The molecule has 2 N–H and O–H groups in total. The lowest BCUT2D eigenvalue weighted by molar-refractivity contribution is -0.120. The van der Waals surface area contributed by atoms with Gasteiger partial charge in [-0.3, -0.25) is 10.1 Å². The Kier molecular flexibility index (Phi) is 8.32. The second-order valence-corrected chi connectivity index (χ2v) is 9.46. The highest BCUT2D eigenvalue weighted by Crippen LogP contribution is 2.18. The number of urea groups is 1. The summed E-state index contributed by atoms with van der Waals surface area (Å²) in [5.41, 5.74) is 0.930. The SMILES string of the molecule is O=C(CCN1CCCN(S(=O)(=O)c2ccc(F)cc2)CC1)NC(=O)NCc1ccccc1. The third-order valence-electron chi connectivity index (χ3n) is 5.20. The first-order chi connectivity index (χ1) is 15.3. The zero-order valence-electron chi connectivity index (χ0n) is 17.7. The topological polar surface area (TPSA) is 98.8 Å². The second-order valence-electron chi connectivity index (χ2n) is 7.52. The van der Waals surface area contributed by atoms with Crippen LogP contribution in [0.5, 0.6) is 0 Å². The molecule has 8 nitrogen and oxygen atoms in total. The fourth-order valence-electron chi connectivity index (χ4n) is 3.44. The molecule has 0 unspecified atom stereocenters. The summed E-state index contributed by atoms with van der Waals surface area (Å²) in [4.78, 5) is 26.0. The highest BCUT2D eigenvalue weighted by Gasteiger charge is 2.27. The first-order valence-electron chi connectivity index (χ1n) is 10.4. The summed E-state index contributed by atoms with van der Waals surface area (Å²) < 4.78 is 40.1. The molecule has 1 aliphatic heterocycles. The van der Waals surface area contributed by atoms with Gasteiger partial charge in [0, 0.05) is 39.1 Å². The van der Waals surface area contributed by atoms with E-state index in [2.05, 4.69) is 10.6 Å². The predicted molar refractivity (Wildman–Crippen MR) is 118 cm³/mol. The quantitative estimate of drug-likeness (QED) is 0.655. The van der Waals surface area contributed by atoms with E-state index < -0.39 is 27.8 Å². The van der Waals surface area contributed by atoms with Gasteiger partial charge in [-0.15, -0.1) is 0 Å². The number of imide groups is 1. The van der Waals surface area contributed by atoms with Crippen LogP contribution in [0.3, 0.4) is 0 Å². The van der Waals surface area contributed by atoms with Gasteiger partial charge in [0.15, 0.2) is 0 Å². The van der Waals surface area contributed by atoms with Gasteiger partial charge >= 0.3 is 6.03 Å². The molecule has 2 aromatic rings. The second kappa shape index (κ2) is 11.2. The molecule has 1 saturated heterocycles. The van der Waals surface area contributed by atoms with Gasteiger partial charge < -0.3 is 10.2 Å². The Morgan fingerprint density at radius 1 is 0.938 bits per heavy atom. The van der Waals surface area contributed by atoms with Crippen molar-refractivity contribution in [2.45, 2.75) is 24.3 Å². The summed E-state index contributed by atoms with van der Waals surface area (Å²) in [5.74, 6) is -0.881. The maximum absolute atomic E-state index is 13.1. The normalized spacial score (nSPS) is 15.7. The highest BCUT2D eigenvalue weighted by molar-refractivity contribution is 7.89. The van der Waals surface area contributed by atoms with Crippen LogP contribution >= 0.6 is 0 Å². The van der Waals surface area contributed by atoms with Crippen LogP contribution in [0, 0.1) is 5.82 Å². The summed E-state index contributed by atoms with van der Waals surface area (Å²) in [7, 11) is -3.69. The van der Waals surface area contributed by atoms with E-state index in [0.29, 0.717) is 39.1 Å². The van der Waals surface area contributed by atoms with Crippen molar-refractivity contribution >= 4 is 22.0 Å². The van der Waals surface area contributed by atoms with E-state index in [1.807, 2.05) is 35.2 Å². The fraction of sp³-hybridized carbons (Fsp3) is 0.364. The number of halogens is 1. The molecule has 2 aromatic carbocycles. The number of nitrogens with zero attached hydrogens (tertiary/aromatic N) is 2. The third kappa shape index (κ3) is 6.84. The Morgan fingerprint density at radius 3 is 2.38 bits per heavy atom. The van der Waals surface area contributed by atoms with Crippen LogP contribution < -0.4 is 10.6 Å². The third-order valence-corrected chi connectivity index (χ3v) is 7.12. The standard InChI is InChI=1S/C22H27FN4O4S/c23-19-7-9-20(10-8-19)32(30,31)27-13-4-12-26(15-16-27)14-11-21(28)25-22(29)24-17-18-5-2-1-3-6-18/h1-3,5-10H,4,11-17H2,(H2,24,25,28,29). The van der Waals surface area contributed by atoms with Gasteiger partial charge in [-0.25, -0.2) is 17.6 Å². The van der Waals surface area contributed by atoms with E-state index in [9.17, 15) is 22.4 Å². The molecule has 3 rings (SSSR count). The van der Waals surface area contributed by atoms with Gasteiger partial charge in [0.2, 0.25) is 15.9 Å². The van der Waals surface area contributed by atoms with Crippen LogP contribution in [-0.2, 0) is 21.4 Å². The molecule has 10 heteroatoms. The van der Waals surface area contributed by atoms with Crippen LogP contribution in [0.2, 0.25) is 0 Å². The van der Waals surface area contributed by atoms with Crippen molar-refractivity contribution in [1.82, 2.24) is 19.8 Å². The van der Waals surface area contributed by atoms with Crippen LogP contribution in [0.25, 0.3) is 0 Å². The van der Waals surface area contributed by atoms with Crippen molar-refractivity contribution in [2.75, 3.05) is 32.7 Å². The number of nitrogens with one attached hydrogen (secondary N) is 2. The molecular weight excluding hydrogens is 435 g/mol. The van der Waals surface area contributed by atoms with E-state index in [1.165, 1.54) is 16.4 Å². The molecule has 0 aromatic heterocycles. The van der Waals surface area contributed by atoms with E-state index in [4.69, 9.17) is 0 Å². The van der Waals surface area contributed by atoms with Crippen LogP contribution in [0.1, 0.15) is 18.4 Å². The van der Waals surface area contributed by atoms with Gasteiger partial charge in [-0.05, 0) is 42.8 Å². The minimum Gasteiger partial charge on any atom is -0.334 e. The largest absolute Gasteiger partial charge is 0.334 e. The van der Waals surface area contributed by atoms with Gasteiger partial charge in [0.25, 0.3) is 0 Å². The van der Waals surface area contributed by atoms with Crippen LogP contribution in [-0.4, -0.2) is 62.3 Å². The molecule has 0 saturated carbocycles. The Bertz CT molecular complexity index is 1020. The number of hydrogen-bond acceptors (Lipinski definition) is 5. The Labute approximate surface area is 187 Å². The van der Waals surface area contributed by atoms with Crippen LogP contribution in [0.15, 0.2) is 59.5 Å². The number of hydrogen-bond donors (Lipinski definition) is 2. The van der Waals surface area contributed by atoms with E-state index in [1.54, 1.807) is 0 Å². The monoisotopic (exact) mass is 462 g/mol. The smallest absolute Gasteiger partial charge is 0.321 e. The van der Waals surface area contributed by atoms with Gasteiger partial charge in [-0.2, -0.15) is 4.31 Å². The van der Waals surface area contributed by atoms with Crippen molar-refractivity contribution in [3.05, 3.63) is 66.0 Å². The van der Waals surface area contributed by atoms with Crippen molar-refractivity contribution < 1.29 is 22.4 Å². The molecule has 172 valence electrons. The number of rotatable bonds is 7. The number of carbonyl (C=O) groups is 2. The van der Waals surface area contributed by atoms with Crippen molar-refractivity contribution in [3.8, 4) is 0 Å². The number of benzene rings is 2. The predicted octanol–water partition coefficient (Wildman–Crippen LogP) is 1.94. The molecule has 1 fully saturated rings. The molecule has 0 atom stereocenters. The lowest BCUT2D eigenvalue weighted by atomic mass is 10.2. The summed E-state index contributed by atoms with van der Waals surface area (Å²) in [5, 5.41) is 4.95. The average Bonchev–Trinajstić information content (AvgIpc) is 3.04. The van der Waals surface area contributed by atoms with Gasteiger partial charge in [0.05, 0.1) is 4.90 Å². The van der Waals surface area contributed by atoms with Crippen molar-refractivity contribution in [2.24, 2.45) is 0 Å². The van der Waals surface area contributed by atoms with E-state index >= 15 is 0 Å². The Balaban J connectivity index is 1.42. The Hall–Kier alpha value is -2.82. The van der Waals surface area contributed by atoms with Crippen molar-refractivity contribution in [3.63, 3.8) is 0 Å². The van der Waals surface area contributed by atoms with Gasteiger partial charge in [0.1, 0.15) is 5.82 Å². The minimum absolute atomic E-state index is 0.0632. The summed E-state index contributed by atoms with van der Waals surface area (Å²) >= 11 is 0. The maximum atomic E-state index is 13.1. The number of amides is 3. The molecule has 3 amide bonds.